The lowest BCUT2D eigenvalue weighted by Crippen LogP contribution is -2.32. The van der Waals surface area contributed by atoms with E-state index < -0.39 is 5.82 Å². The molecule has 0 aliphatic heterocycles. The maximum absolute atomic E-state index is 13.8. The number of carbonyl (C=O) groups excluding carboxylic acids is 1. The zero-order chi connectivity index (χ0) is 14.6. The van der Waals surface area contributed by atoms with Crippen molar-refractivity contribution in [3.8, 4) is 0 Å². The molecule has 0 bridgehead atoms. The SMILES string of the molecule is CC(C)CNC(=O)CNc1c(N)cc(N)c(Cl)c1F. The van der Waals surface area contributed by atoms with Crippen LogP contribution >= 0.6 is 11.6 Å². The average molecular weight is 289 g/mol. The van der Waals surface area contributed by atoms with Crippen molar-refractivity contribution < 1.29 is 9.18 Å². The number of halogens is 2. The Balaban J connectivity index is 2.68. The number of hydrogen-bond acceptors (Lipinski definition) is 4. The number of hydrogen-bond donors (Lipinski definition) is 4. The van der Waals surface area contributed by atoms with Crippen LogP contribution in [0.5, 0.6) is 0 Å². The lowest BCUT2D eigenvalue weighted by Gasteiger charge is -2.13. The Morgan fingerprint density at radius 1 is 1.42 bits per heavy atom. The van der Waals surface area contributed by atoms with Crippen molar-refractivity contribution in [3.05, 3.63) is 16.9 Å². The molecule has 1 rings (SSSR count). The van der Waals surface area contributed by atoms with Crippen molar-refractivity contribution in [2.75, 3.05) is 29.9 Å². The highest BCUT2D eigenvalue weighted by atomic mass is 35.5. The Bertz CT molecular complexity index is 479. The predicted molar refractivity (Wildman–Crippen MR) is 76.6 cm³/mol. The molecule has 0 aromatic heterocycles. The van der Waals surface area contributed by atoms with E-state index in [-0.39, 0.29) is 34.5 Å². The fraction of sp³-hybridized carbons (Fsp3) is 0.417. The van der Waals surface area contributed by atoms with Gasteiger partial charge in [-0.1, -0.05) is 25.4 Å². The van der Waals surface area contributed by atoms with Crippen LogP contribution in [-0.2, 0) is 4.79 Å². The molecule has 19 heavy (non-hydrogen) atoms. The van der Waals surface area contributed by atoms with Gasteiger partial charge in [0.15, 0.2) is 5.82 Å². The molecule has 6 N–H and O–H groups in total. The molecule has 1 aromatic rings. The second-order valence-corrected chi connectivity index (χ2v) is 4.99. The minimum atomic E-state index is -0.754. The van der Waals surface area contributed by atoms with Crippen LogP contribution in [0.15, 0.2) is 6.07 Å². The molecule has 0 heterocycles. The van der Waals surface area contributed by atoms with Crippen molar-refractivity contribution in [3.63, 3.8) is 0 Å². The molecule has 7 heteroatoms. The van der Waals surface area contributed by atoms with Gasteiger partial charge in [0, 0.05) is 6.54 Å². The third-order valence-corrected chi connectivity index (χ3v) is 2.78. The first-order valence-electron chi connectivity index (χ1n) is 5.86. The van der Waals surface area contributed by atoms with E-state index in [1.807, 2.05) is 13.8 Å². The second kappa shape index (κ2) is 6.47. The first kappa shape index (κ1) is 15.4. The van der Waals surface area contributed by atoms with E-state index in [1.165, 1.54) is 6.07 Å². The zero-order valence-electron chi connectivity index (χ0n) is 10.9. The van der Waals surface area contributed by atoms with Crippen LogP contribution in [0.2, 0.25) is 5.02 Å². The molecule has 0 spiro atoms. The third kappa shape index (κ3) is 4.17. The Morgan fingerprint density at radius 2 is 2.05 bits per heavy atom. The van der Waals surface area contributed by atoms with Crippen LogP contribution in [-0.4, -0.2) is 19.0 Å². The highest BCUT2D eigenvalue weighted by Crippen LogP contribution is 2.33. The molecular weight excluding hydrogens is 271 g/mol. The summed E-state index contributed by atoms with van der Waals surface area (Å²) in [5.41, 5.74) is 11.2. The molecule has 1 amide bonds. The first-order chi connectivity index (χ1) is 8.82. The molecule has 0 saturated carbocycles. The molecule has 0 unspecified atom stereocenters. The van der Waals surface area contributed by atoms with Crippen molar-refractivity contribution in [2.45, 2.75) is 13.8 Å². The number of rotatable bonds is 5. The highest BCUT2D eigenvalue weighted by Gasteiger charge is 2.14. The lowest BCUT2D eigenvalue weighted by molar-refractivity contribution is -0.119. The van der Waals surface area contributed by atoms with Crippen molar-refractivity contribution >= 4 is 34.6 Å². The number of anilines is 3. The number of nitrogen functional groups attached to an aromatic ring is 2. The van der Waals surface area contributed by atoms with Crippen LogP contribution < -0.4 is 22.1 Å². The summed E-state index contributed by atoms with van der Waals surface area (Å²) < 4.78 is 13.8. The van der Waals surface area contributed by atoms with Gasteiger partial charge in [0.25, 0.3) is 0 Å². The molecule has 0 saturated heterocycles. The van der Waals surface area contributed by atoms with Gasteiger partial charge in [-0.2, -0.15) is 0 Å². The third-order valence-electron chi connectivity index (χ3n) is 2.40. The first-order valence-corrected chi connectivity index (χ1v) is 6.24. The molecule has 5 nitrogen and oxygen atoms in total. The standard InChI is InChI=1S/C12H18ClFN4O/c1-6(2)4-17-9(19)5-18-12-8(16)3-7(15)10(13)11(12)14/h3,6,18H,4-5,15-16H2,1-2H3,(H,17,19). The molecular formula is C12H18ClFN4O. The van der Waals surface area contributed by atoms with Crippen molar-refractivity contribution in [2.24, 2.45) is 5.92 Å². The van der Waals surface area contributed by atoms with Gasteiger partial charge in [-0.05, 0) is 12.0 Å². The number of nitrogens with one attached hydrogen (secondary N) is 2. The van der Waals surface area contributed by atoms with Crippen LogP contribution in [0, 0.1) is 11.7 Å². The molecule has 0 aliphatic carbocycles. The fourth-order valence-corrected chi connectivity index (χ4v) is 1.54. The van der Waals surface area contributed by atoms with E-state index in [0.29, 0.717) is 12.5 Å². The zero-order valence-corrected chi connectivity index (χ0v) is 11.6. The Morgan fingerprint density at radius 3 is 2.63 bits per heavy atom. The van der Waals surface area contributed by atoms with Gasteiger partial charge >= 0.3 is 0 Å². The van der Waals surface area contributed by atoms with Gasteiger partial charge in [-0.3, -0.25) is 4.79 Å². The van der Waals surface area contributed by atoms with Gasteiger partial charge in [0.2, 0.25) is 5.91 Å². The molecule has 1 aromatic carbocycles. The molecule has 106 valence electrons. The highest BCUT2D eigenvalue weighted by molar-refractivity contribution is 6.33. The summed E-state index contributed by atoms with van der Waals surface area (Å²) in [7, 11) is 0. The van der Waals surface area contributed by atoms with E-state index in [1.54, 1.807) is 0 Å². The van der Waals surface area contributed by atoms with E-state index in [9.17, 15) is 9.18 Å². The monoisotopic (exact) mass is 288 g/mol. The van der Waals surface area contributed by atoms with Crippen molar-refractivity contribution in [1.29, 1.82) is 0 Å². The molecule has 0 radical (unpaired) electrons. The van der Waals surface area contributed by atoms with Crippen LogP contribution in [0.1, 0.15) is 13.8 Å². The predicted octanol–water partition coefficient (Wildman–Crippen LogP) is 1.83. The largest absolute Gasteiger partial charge is 0.397 e. The summed E-state index contributed by atoms with van der Waals surface area (Å²) in [5.74, 6) is -0.659. The summed E-state index contributed by atoms with van der Waals surface area (Å²) in [6, 6.07) is 1.35. The molecule has 0 atom stereocenters. The lowest BCUT2D eigenvalue weighted by atomic mass is 10.2. The maximum atomic E-state index is 13.8. The van der Waals surface area contributed by atoms with Gasteiger partial charge < -0.3 is 22.1 Å². The minimum Gasteiger partial charge on any atom is -0.397 e. The number of carbonyl (C=O) groups is 1. The van der Waals surface area contributed by atoms with E-state index in [0.717, 1.165) is 0 Å². The smallest absolute Gasteiger partial charge is 0.239 e. The summed E-state index contributed by atoms with van der Waals surface area (Å²) in [5, 5.41) is 5.11. The average Bonchev–Trinajstić information content (AvgIpc) is 2.33. The summed E-state index contributed by atoms with van der Waals surface area (Å²) in [6.45, 7) is 4.42. The van der Waals surface area contributed by atoms with Gasteiger partial charge in [-0.25, -0.2) is 4.39 Å². The Kier molecular flexibility index (Phi) is 5.23. The van der Waals surface area contributed by atoms with Gasteiger partial charge in [0.05, 0.1) is 23.6 Å². The van der Waals surface area contributed by atoms with E-state index >= 15 is 0 Å². The summed E-state index contributed by atoms with van der Waals surface area (Å²) in [4.78, 5) is 11.5. The Hall–Kier alpha value is -1.69. The molecule has 0 aliphatic rings. The van der Waals surface area contributed by atoms with Crippen LogP contribution in [0.25, 0.3) is 0 Å². The second-order valence-electron chi connectivity index (χ2n) is 4.61. The van der Waals surface area contributed by atoms with Gasteiger partial charge in [0.1, 0.15) is 5.02 Å². The quantitative estimate of drug-likeness (QED) is 0.622. The van der Waals surface area contributed by atoms with E-state index in [4.69, 9.17) is 23.1 Å². The minimum absolute atomic E-state index is 0.0149. The fourth-order valence-electron chi connectivity index (χ4n) is 1.40. The van der Waals surface area contributed by atoms with Gasteiger partial charge in [-0.15, -0.1) is 0 Å². The normalized spacial score (nSPS) is 10.6. The molecule has 0 fully saturated rings. The van der Waals surface area contributed by atoms with Crippen molar-refractivity contribution in [1.82, 2.24) is 5.32 Å². The van der Waals surface area contributed by atoms with E-state index in [2.05, 4.69) is 10.6 Å². The van der Waals surface area contributed by atoms with Crippen LogP contribution in [0.4, 0.5) is 21.5 Å². The topological polar surface area (TPSA) is 93.2 Å². The Labute approximate surface area is 116 Å². The number of nitrogens with two attached hydrogens (primary N) is 2. The summed E-state index contributed by atoms with van der Waals surface area (Å²) >= 11 is 5.68. The number of amides is 1. The summed E-state index contributed by atoms with van der Waals surface area (Å²) in [6.07, 6.45) is 0. The maximum Gasteiger partial charge on any atom is 0.239 e. The van der Waals surface area contributed by atoms with Crippen LogP contribution in [0.3, 0.4) is 0 Å². The number of benzene rings is 1.